The fourth-order valence-corrected chi connectivity index (χ4v) is 3.08. The zero-order valence-electron chi connectivity index (χ0n) is 14.4. The second-order valence-corrected chi connectivity index (χ2v) is 6.56. The van der Waals surface area contributed by atoms with Crippen molar-refractivity contribution in [2.24, 2.45) is 0 Å². The van der Waals surface area contributed by atoms with Crippen LogP contribution in [0.2, 0.25) is 0 Å². The molecule has 25 heavy (non-hydrogen) atoms. The van der Waals surface area contributed by atoms with Gasteiger partial charge in [0.1, 0.15) is 6.54 Å². The molecule has 0 aliphatic carbocycles. The topological polar surface area (TPSA) is 65.8 Å². The van der Waals surface area contributed by atoms with Gasteiger partial charge in [0.05, 0.1) is 0 Å². The molecule has 1 N–H and O–H groups in total. The molecule has 6 heteroatoms. The minimum atomic E-state index is -1.02. The first-order valence-corrected chi connectivity index (χ1v) is 8.44. The van der Waals surface area contributed by atoms with Gasteiger partial charge in [-0.15, -0.1) is 0 Å². The maximum Gasteiger partial charge on any atom is 0.323 e. The van der Waals surface area contributed by atoms with E-state index in [0.717, 1.165) is 43.9 Å². The van der Waals surface area contributed by atoms with Crippen LogP contribution in [0, 0.1) is 0 Å². The van der Waals surface area contributed by atoms with Crippen LogP contribution < -0.4 is 5.56 Å². The van der Waals surface area contributed by atoms with Gasteiger partial charge in [-0.2, -0.15) is 0 Å². The Balaban J connectivity index is 1.79. The smallest absolute Gasteiger partial charge is 0.323 e. The fourth-order valence-electron chi connectivity index (χ4n) is 3.08. The van der Waals surface area contributed by atoms with E-state index in [9.17, 15) is 9.59 Å². The summed E-state index contributed by atoms with van der Waals surface area (Å²) in [5, 5.41) is 8.93. The van der Waals surface area contributed by atoms with Crippen molar-refractivity contribution in [3.63, 3.8) is 0 Å². The molecule has 1 aliphatic heterocycles. The van der Waals surface area contributed by atoms with E-state index in [1.54, 1.807) is 12.3 Å². The van der Waals surface area contributed by atoms with Crippen LogP contribution in [-0.2, 0) is 17.9 Å². The van der Waals surface area contributed by atoms with Gasteiger partial charge in [0.25, 0.3) is 5.56 Å². The number of nitrogens with zero attached hydrogens (tertiary/aromatic N) is 3. The highest BCUT2D eigenvalue weighted by atomic mass is 16.4. The SMILES string of the molecule is CN1CCN(Cc2cccc(-c3ccc(=O)n(CC(=O)O)c3)c2)CC1. The number of aromatic nitrogens is 1. The molecule has 0 spiro atoms. The Morgan fingerprint density at radius 3 is 2.56 bits per heavy atom. The molecule has 0 atom stereocenters. The number of carbonyl (C=O) groups is 1. The van der Waals surface area contributed by atoms with E-state index in [1.807, 2.05) is 12.1 Å². The maximum atomic E-state index is 11.8. The number of piperazine rings is 1. The van der Waals surface area contributed by atoms with Crippen LogP contribution in [0.25, 0.3) is 11.1 Å². The molecule has 132 valence electrons. The lowest BCUT2D eigenvalue weighted by Crippen LogP contribution is -2.43. The fraction of sp³-hybridized carbons (Fsp3) is 0.368. The number of carboxylic acids is 1. The van der Waals surface area contributed by atoms with Gasteiger partial charge in [0.15, 0.2) is 0 Å². The first-order chi connectivity index (χ1) is 12.0. The van der Waals surface area contributed by atoms with E-state index >= 15 is 0 Å². The second-order valence-electron chi connectivity index (χ2n) is 6.56. The van der Waals surface area contributed by atoms with E-state index in [0.29, 0.717) is 0 Å². The third kappa shape index (κ3) is 4.55. The van der Waals surface area contributed by atoms with Gasteiger partial charge < -0.3 is 14.6 Å². The summed E-state index contributed by atoms with van der Waals surface area (Å²) in [7, 11) is 2.14. The Bertz CT molecular complexity index is 808. The molecule has 0 bridgehead atoms. The van der Waals surface area contributed by atoms with Gasteiger partial charge in [-0.3, -0.25) is 14.5 Å². The average molecular weight is 341 g/mol. The van der Waals surface area contributed by atoms with Crippen molar-refractivity contribution in [1.29, 1.82) is 0 Å². The standard InChI is InChI=1S/C19H23N3O3/c1-20-7-9-21(10-8-20)12-15-3-2-4-16(11-15)17-5-6-18(23)22(13-17)14-19(24)25/h2-6,11,13H,7-10,12,14H2,1H3,(H,24,25). The number of likely N-dealkylation sites (N-methyl/N-ethyl adjacent to an activating group) is 1. The largest absolute Gasteiger partial charge is 0.480 e. The molecule has 6 nitrogen and oxygen atoms in total. The molecule has 0 amide bonds. The minimum absolute atomic E-state index is 0.306. The highest BCUT2D eigenvalue weighted by Crippen LogP contribution is 2.20. The van der Waals surface area contributed by atoms with Crippen molar-refractivity contribution in [3.05, 3.63) is 58.5 Å². The molecule has 0 saturated carbocycles. The summed E-state index contributed by atoms with van der Waals surface area (Å²) in [4.78, 5) is 27.4. The van der Waals surface area contributed by atoms with Crippen LogP contribution in [-0.4, -0.2) is 58.7 Å². The number of pyridine rings is 1. The first-order valence-electron chi connectivity index (χ1n) is 8.44. The minimum Gasteiger partial charge on any atom is -0.480 e. The lowest BCUT2D eigenvalue weighted by atomic mass is 10.0. The van der Waals surface area contributed by atoms with E-state index < -0.39 is 5.97 Å². The quantitative estimate of drug-likeness (QED) is 0.889. The van der Waals surface area contributed by atoms with Crippen molar-refractivity contribution < 1.29 is 9.90 Å². The van der Waals surface area contributed by atoms with Crippen molar-refractivity contribution >= 4 is 5.97 Å². The Morgan fingerprint density at radius 1 is 1.08 bits per heavy atom. The third-order valence-electron chi connectivity index (χ3n) is 4.55. The van der Waals surface area contributed by atoms with E-state index in [-0.39, 0.29) is 12.1 Å². The Labute approximate surface area is 146 Å². The Morgan fingerprint density at radius 2 is 1.84 bits per heavy atom. The molecule has 1 aromatic carbocycles. The second kappa shape index (κ2) is 7.63. The maximum absolute atomic E-state index is 11.8. The number of hydrogen-bond acceptors (Lipinski definition) is 4. The van der Waals surface area contributed by atoms with E-state index in [2.05, 4.69) is 29.0 Å². The highest BCUT2D eigenvalue weighted by molar-refractivity contribution is 5.67. The van der Waals surface area contributed by atoms with Crippen LogP contribution in [0.15, 0.2) is 47.4 Å². The Hall–Kier alpha value is -2.44. The monoisotopic (exact) mass is 341 g/mol. The molecule has 2 heterocycles. The molecular weight excluding hydrogens is 318 g/mol. The van der Waals surface area contributed by atoms with E-state index in [1.165, 1.54) is 16.2 Å². The van der Waals surface area contributed by atoms with Gasteiger partial charge in [0.2, 0.25) is 0 Å². The van der Waals surface area contributed by atoms with Crippen LogP contribution in [0.4, 0.5) is 0 Å². The molecule has 3 rings (SSSR count). The summed E-state index contributed by atoms with van der Waals surface area (Å²) in [5.41, 5.74) is 2.75. The van der Waals surface area contributed by atoms with Crippen molar-refractivity contribution in [2.45, 2.75) is 13.1 Å². The zero-order valence-corrected chi connectivity index (χ0v) is 14.4. The van der Waals surface area contributed by atoms with Crippen LogP contribution in [0.5, 0.6) is 0 Å². The first kappa shape index (κ1) is 17.4. The van der Waals surface area contributed by atoms with Crippen molar-refractivity contribution in [2.75, 3.05) is 33.2 Å². The molecular formula is C19H23N3O3. The highest BCUT2D eigenvalue weighted by Gasteiger charge is 2.14. The number of benzene rings is 1. The molecule has 2 aromatic rings. The Kier molecular flexibility index (Phi) is 5.31. The summed E-state index contributed by atoms with van der Waals surface area (Å²) < 4.78 is 1.23. The van der Waals surface area contributed by atoms with Crippen molar-refractivity contribution in [3.8, 4) is 11.1 Å². The molecule has 1 fully saturated rings. The van der Waals surface area contributed by atoms with Gasteiger partial charge >= 0.3 is 5.97 Å². The predicted molar refractivity (Wildman–Crippen MR) is 96.5 cm³/mol. The summed E-state index contributed by atoms with van der Waals surface area (Å²) in [6.07, 6.45) is 1.62. The summed E-state index contributed by atoms with van der Waals surface area (Å²) in [6, 6.07) is 11.4. The molecule has 1 aromatic heterocycles. The summed E-state index contributed by atoms with van der Waals surface area (Å²) in [6.45, 7) is 4.86. The van der Waals surface area contributed by atoms with Crippen LogP contribution in [0.1, 0.15) is 5.56 Å². The normalized spacial score (nSPS) is 16.0. The molecule has 1 saturated heterocycles. The van der Waals surface area contributed by atoms with Gasteiger partial charge in [-0.25, -0.2) is 0 Å². The average Bonchev–Trinajstić information content (AvgIpc) is 2.59. The van der Waals surface area contributed by atoms with Crippen LogP contribution in [0.3, 0.4) is 0 Å². The van der Waals surface area contributed by atoms with Gasteiger partial charge in [-0.05, 0) is 35.9 Å². The van der Waals surface area contributed by atoms with Gasteiger partial charge in [-0.1, -0.05) is 18.2 Å². The number of hydrogen-bond donors (Lipinski definition) is 1. The molecule has 1 aliphatic rings. The predicted octanol–water partition coefficient (Wildman–Crippen LogP) is 1.35. The third-order valence-corrected chi connectivity index (χ3v) is 4.55. The van der Waals surface area contributed by atoms with Gasteiger partial charge in [0, 0.05) is 45.0 Å². The lowest BCUT2D eigenvalue weighted by molar-refractivity contribution is -0.137. The summed E-state index contributed by atoms with van der Waals surface area (Å²) in [5.74, 6) is -1.02. The molecule has 0 unspecified atom stereocenters. The van der Waals surface area contributed by atoms with Crippen LogP contribution >= 0.6 is 0 Å². The number of aliphatic carboxylic acids is 1. The number of carboxylic acid groups (broad SMARTS) is 1. The summed E-state index contributed by atoms with van der Waals surface area (Å²) >= 11 is 0. The number of rotatable bonds is 5. The molecule has 0 radical (unpaired) electrons. The van der Waals surface area contributed by atoms with Crippen molar-refractivity contribution in [1.82, 2.24) is 14.4 Å². The lowest BCUT2D eigenvalue weighted by Gasteiger charge is -2.32. The van der Waals surface area contributed by atoms with E-state index in [4.69, 9.17) is 5.11 Å². The zero-order chi connectivity index (χ0) is 17.8.